The number of thioether (sulfide) groups is 1. The summed E-state index contributed by atoms with van der Waals surface area (Å²) in [7, 11) is 1.63. The van der Waals surface area contributed by atoms with E-state index in [1.165, 1.54) is 11.8 Å². The summed E-state index contributed by atoms with van der Waals surface area (Å²) in [4.78, 5) is 39.8. The fourth-order valence-corrected chi connectivity index (χ4v) is 4.44. The minimum absolute atomic E-state index is 0.127. The third-order valence-electron chi connectivity index (χ3n) is 5.67. The first-order valence-electron chi connectivity index (χ1n) is 10.4. The number of nitrogens with zero attached hydrogens (tertiary/aromatic N) is 1. The summed E-state index contributed by atoms with van der Waals surface area (Å²) in [5, 5.41) is 5.79. The lowest BCUT2D eigenvalue weighted by molar-refractivity contribution is -0.122. The summed E-state index contributed by atoms with van der Waals surface area (Å²) >= 11 is 1.42. The Morgan fingerprint density at radius 2 is 1.91 bits per heavy atom. The number of amides is 3. The van der Waals surface area contributed by atoms with Gasteiger partial charge in [-0.05, 0) is 48.1 Å². The molecule has 2 heterocycles. The maximum absolute atomic E-state index is 13.3. The molecule has 2 aromatic carbocycles. The molecule has 166 valence electrons. The van der Waals surface area contributed by atoms with Gasteiger partial charge in [0.25, 0.3) is 5.91 Å². The Labute approximate surface area is 191 Å². The molecule has 1 fully saturated rings. The Hall–Kier alpha value is -3.26. The fraction of sp³-hybridized carbons (Fsp3) is 0.292. The third-order valence-corrected chi connectivity index (χ3v) is 6.22. The van der Waals surface area contributed by atoms with Crippen molar-refractivity contribution in [2.45, 2.75) is 18.5 Å². The zero-order valence-corrected chi connectivity index (χ0v) is 18.8. The van der Waals surface area contributed by atoms with Crippen LogP contribution in [0.25, 0.3) is 12.2 Å². The molecule has 0 saturated carbocycles. The lowest BCUT2D eigenvalue weighted by atomic mass is 10.1. The monoisotopic (exact) mass is 451 g/mol. The maximum Gasteiger partial charge on any atom is 0.256 e. The molecule has 0 bridgehead atoms. The number of methoxy groups -OCH3 is 1. The molecule has 2 aliphatic rings. The first-order valence-corrected chi connectivity index (χ1v) is 11.8. The van der Waals surface area contributed by atoms with Crippen molar-refractivity contribution in [2.75, 3.05) is 31.0 Å². The largest absolute Gasteiger partial charge is 0.497 e. The van der Waals surface area contributed by atoms with Crippen molar-refractivity contribution in [3.05, 3.63) is 59.2 Å². The van der Waals surface area contributed by atoms with E-state index in [0.29, 0.717) is 30.0 Å². The molecule has 0 unspecified atom stereocenters. The molecule has 2 aromatic rings. The quantitative estimate of drug-likeness (QED) is 0.660. The van der Waals surface area contributed by atoms with E-state index in [9.17, 15) is 14.4 Å². The number of carbonyl (C=O) groups excluding carboxylic acids is 3. The van der Waals surface area contributed by atoms with Gasteiger partial charge in [0.2, 0.25) is 11.8 Å². The summed E-state index contributed by atoms with van der Waals surface area (Å²) in [5.74, 6) is 0.507. The molecule has 7 nitrogen and oxygen atoms in total. The van der Waals surface area contributed by atoms with Crippen LogP contribution in [-0.4, -0.2) is 60.4 Å². The summed E-state index contributed by atoms with van der Waals surface area (Å²) in [6.45, 7) is 0.423. The van der Waals surface area contributed by atoms with Gasteiger partial charge >= 0.3 is 0 Å². The number of fused-ring (bicyclic) bond motifs is 2. The van der Waals surface area contributed by atoms with Crippen molar-refractivity contribution < 1.29 is 19.1 Å². The second-order valence-corrected chi connectivity index (χ2v) is 8.61. The number of carbonyl (C=O) groups is 3. The molecular weight excluding hydrogens is 426 g/mol. The van der Waals surface area contributed by atoms with Crippen LogP contribution < -0.4 is 15.4 Å². The van der Waals surface area contributed by atoms with E-state index in [1.54, 1.807) is 24.1 Å². The average Bonchev–Trinajstić information content (AvgIpc) is 3.17. The van der Waals surface area contributed by atoms with Gasteiger partial charge in [-0.15, -0.1) is 0 Å². The van der Waals surface area contributed by atoms with Gasteiger partial charge in [-0.1, -0.05) is 30.4 Å². The van der Waals surface area contributed by atoms with Crippen LogP contribution in [0.3, 0.4) is 0 Å². The van der Waals surface area contributed by atoms with E-state index in [1.807, 2.05) is 48.7 Å². The third kappa shape index (κ3) is 4.50. The number of rotatable bonds is 6. The minimum Gasteiger partial charge on any atom is -0.497 e. The van der Waals surface area contributed by atoms with E-state index in [4.69, 9.17) is 4.74 Å². The van der Waals surface area contributed by atoms with Gasteiger partial charge in [0, 0.05) is 6.54 Å². The van der Waals surface area contributed by atoms with E-state index in [2.05, 4.69) is 10.6 Å². The predicted molar refractivity (Wildman–Crippen MR) is 127 cm³/mol. The van der Waals surface area contributed by atoms with Crippen LogP contribution in [-0.2, 0) is 9.59 Å². The van der Waals surface area contributed by atoms with Gasteiger partial charge in [-0.25, -0.2) is 0 Å². The van der Waals surface area contributed by atoms with Crippen LogP contribution >= 0.6 is 11.8 Å². The lowest BCUT2D eigenvalue weighted by Gasteiger charge is -2.24. The minimum atomic E-state index is -0.709. The van der Waals surface area contributed by atoms with Crippen LogP contribution in [0.5, 0.6) is 5.75 Å². The normalized spacial score (nSPS) is 19.9. The second kappa shape index (κ2) is 9.48. The molecule has 0 radical (unpaired) electrons. The highest BCUT2D eigenvalue weighted by Crippen LogP contribution is 2.30. The molecule has 8 heteroatoms. The number of nitrogens with one attached hydrogen (secondary N) is 2. The summed E-state index contributed by atoms with van der Waals surface area (Å²) in [6.07, 6.45) is 6.28. The van der Waals surface area contributed by atoms with Crippen molar-refractivity contribution in [2.24, 2.45) is 0 Å². The Morgan fingerprint density at radius 3 is 2.62 bits per heavy atom. The van der Waals surface area contributed by atoms with Crippen molar-refractivity contribution in [3.63, 3.8) is 0 Å². The molecule has 2 atom stereocenters. The molecular formula is C24H25N3O4S. The smallest absolute Gasteiger partial charge is 0.256 e. The number of ether oxygens (including phenoxy) is 1. The van der Waals surface area contributed by atoms with E-state index < -0.39 is 6.04 Å². The molecule has 4 rings (SSSR count). The molecule has 3 amide bonds. The van der Waals surface area contributed by atoms with E-state index in [0.717, 1.165) is 16.9 Å². The Balaban J connectivity index is 1.55. The van der Waals surface area contributed by atoms with Gasteiger partial charge in [0.15, 0.2) is 0 Å². The molecule has 2 aliphatic heterocycles. The van der Waals surface area contributed by atoms with Crippen LogP contribution in [0.4, 0.5) is 5.69 Å². The van der Waals surface area contributed by atoms with Crippen molar-refractivity contribution in [1.82, 2.24) is 10.2 Å². The van der Waals surface area contributed by atoms with Gasteiger partial charge in [-0.3, -0.25) is 14.4 Å². The molecule has 32 heavy (non-hydrogen) atoms. The van der Waals surface area contributed by atoms with Crippen LogP contribution in [0.15, 0.2) is 42.5 Å². The zero-order valence-electron chi connectivity index (χ0n) is 18.0. The summed E-state index contributed by atoms with van der Waals surface area (Å²) in [5.41, 5.74) is 2.80. The lowest BCUT2D eigenvalue weighted by Crippen LogP contribution is -2.51. The molecule has 0 aliphatic carbocycles. The summed E-state index contributed by atoms with van der Waals surface area (Å²) in [6, 6.07) is 12.0. The van der Waals surface area contributed by atoms with Crippen LogP contribution in [0, 0.1) is 0 Å². The highest BCUT2D eigenvalue weighted by molar-refractivity contribution is 7.99. The standard InChI is InChI=1S/C24H25N3O4S/c1-31-17-8-5-15(6-9-17)3-4-16-7-10-19-18(13-16)24(30)27-12-11-20(22(27)23(29)26-19)25-21(28)14-32-2/h3-10,13,20,22H,11-12,14H2,1-2H3,(H,25,28)(H,26,29)/b4-3+/t20-,22-/m0/s1. The van der Waals surface area contributed by atoms with Crippen molar-refractivity contribution >= 4 is 47.3 Å². The molecule has 0 aromatic heterocycles. The average molecular weight is 452 g/mol. The van der Waals surface area contributed by atoms with Crippen LogP contribution in [0.1, 0.15) is 27.9 Å². The van der Waals surface area contributed by atoms with Gasteiger partial charge in [0.1, 0.15) is 11.8 Å². The Morgan fingerprint density at radius 1 is 1.19 bits per heavy atom. The van der Waals surface area contributed by atoms with E-state index >= 15 is 0 Å². The zero-order chi connectivity index (χ0) is 22.7. The molecule has 1 saturated heterocycles. The fourth-order valence-electron chi connectivity index (χ4n) is 4.10. The van der Waals surface area contributed by atoms with Gasteiger partial charge in [0.05, 0.1) is 30.2 Å². The Bertz CT molecular complexity index is 1070. The molecule has 2 N–H and O–H groups in total. The van der Waals surface area contributed by atoms with Gasteiger partial charge in [-0.2, -0.15) is 11.8 Å². The number of hydrogen-bond donors (Lipinski definition) is 2. The number of hydrogen-bond acceptors (Lipinski definition) is 5. The number of anilines is 1. The highest BCUT2D eigenvalue weighted by Gasteiger charge is 2.45. The first-order chi connectivity index (χ1) is 15.5. The van der Waals surface area contributed by atoms with Gasteiger partial charge < -0.3 is 20.3 Å². The summed E-state index contributed by atoms with van der Waals surface area (Å²) < 4.78 is 5.18. The predicted octanol–water partition coefficient (Wildman–Crippen LogP) is 2.88. The SMILES string of the molecule is COc1ccc(/C=C/c2ccc3c(c2)C(=O)N2CC[C@H](NC(=O)CSC)[C@H]2C(=O)N3)cc1. The highest BCUT2D eigenvalue weighted by atomic mass is 32.2. The first kappa shape index (κ1) is 22.0. The van der Waals surface area contributed by atoms with Crippen LogP contribution in [0.2, 0.25) is 0 Å². The number of benzene rings is 2. The maximum atomic E-state index is 13.3. The van der Waals surface area contributed by atoms with E-state index in [-0.39, 0.29) is 23.8 Å². The molecule has 0 spiro atoms. The van der Waals surface area contributed by atoms with Crippen molar-refractivity contribution in [3.8, 4) is 5.75 Å². The second-order valence-electron chi connectivity index (χ2n) is 7.74. The topological polar surface area (TPSA) is 87.7 Å². The Kier molecular flexibility index (Phi) is 6.50. The van der Waals surface area contributed by atoms with Crippen molar-refractivity contribution in [1.29, 1.82) is 0 Å².